The quantitative estimate of drug-likeness (QED) is 0.808. The van der Waals surface area contributed by atoms with Crippen molar-refractivity contribution in [3.05, 3.63) is 58.3 Å². The average molecular weight is 305 g/mol. The zero-order valence-corrected chi connectivity index (χ0v) is 11.7. The summed E-state index contributed by atoms with van der Waals surface area (Å²) >= 11 is 7.20. The van der Waals surface area contributed by atoms with Crippen LogP contribution in [0.2, 0.25) is 4.34 Å². The predicted octanol–water partition coefficient (Wildman–Crippen LogP) is 3.23. The van der Waals surface area contributed by atoms with Crippen LogP contribution in [-0.2, 0) is 0 Å². The topological polar surface area (TPSA) is 59.8 Å². The summed E-state index contributed by atoms with van der Waals surface area (Å²) in [6.45, 7) is 0. The molecule has 100 valence electrons. The molecule has 1 N–H and O–H groups in total. The first-order chi connectivity index (χ1) is 9.72. The Hall–Kier alpha value is -2.18. The van der Waals surface area contributed by atoms with Gasteiger partial charge in [-0.1, -0.05) is 17.7 Å². The van der Waals surface area contributed by atoms with Crippen molar-refractivity contribution in [2.75, 3.05) is 5.32 Å². The normalized spacial score (nSPS) is 10.4. The molecule has 2 heterocycles. The molecule has 0 aliphatic heterocycles. The van der Waals surface area contributed by atoms with Crippen molar-refractivity contribution in [2.45, 2.75) is 0 Å². The number of nitrogens with one attached hydrogen (secondary N) is 1. The van der Waals surface area contributed by atoms with Gasteiger partial charge in [-0.3, -0.25) is 4.79 Å². The molecule has 0 saturated heterocycles. The number of anilines is 1. The number of hydrogen-bond donors (Lipinski definition) is 1. The van der Waals surface area contributed by atoms with E-state index in [0.717, 1.165) is 5.69 Å². The second-order valence-corrected chi connectivity index (χ2v) is 5.53. The first kappa shape index (κ1) is 12.8. The highest BCUT2D eigenvalue weighted by atomic mass is 35.5. The lowest BCUT2D eigenvalue weighted by molar-refractivity contribution is 0.102. The third-order valence-corrected chi connectivity index (χ3v) is 3.71. The first-order valence-corrected chi connectivity index (χ1v) is 6.98. The van der Waals surface area contributed by atoms with Crippen molar-refractivity contribution in [3.8, 4) is 5.69 Å². The zero-order chi connectivity index (χ0) is 13.9. The van der Waals surface area contributed by atoms with E-state index < -0.39 is 0 Å². The van der Waals surface area contributed by atoms with E-state index in [2.05, 4.69) is 15.4 Å². The Morgan fingerprint density at radius 2 is 2.25 bits per heavy atom. The summed E-state index contributed by atoms with van der Waals surface area (Å²) in [7, 11) is 0. The fourth-order valence-corrected chi connectivity index (χ4v) is 2.52. The van der Waals surface area contributed by atoms with Gasteiger partial charge in [-0.2, -0.15) is 5.10 Å². The van der Waals surface area contributed by atoms with Gasteiger partial charge in [0.25, 0.3) is 5.91 Å². The molecule has 0 aliphatic rings. The standard InChI is InChI=1S/C13H9ClN4OS/c14-12-5-10(6-20-12)17-13(19)9-2-1-3-11(4-9)18-8-15-7-16-18/h1-8H,(H,17,19). The fraction of sp³-hybridized carbons (Fsp3) is 0. The van der Waals surface area contributed by atoms with E-state index in [-0.39, 0.29) is 5.91 Å². The lowest BCUT2D eigenvalue weighted by Crippen LogP contribution is -2.11. The summed E-state index contributed by atoms with van der Waals surface area (Å²) in [6.07, 6.45) is 3.02. The summed E-state index contributed by atoms with van der Waals surface area (Å²) in [5.74, 6) is -0.193. The molecule has 7 heteroatoms. The molecule has 3 aromatic rings. The Morgan fingerprint density at radius 3 is 2.95 bits per heavy atom. The molecule has 2 aromatic heterocycles. The van der Waals surface area contributed by atoms with Gasteiger partial charge in [0.05, 0.1) is 15.7 Å². The minimum atomic E-state index is -0.193. The van der Waals surface area contributed by atoms with Gasteiger partial charge >= 0.3 is 0 Å². The molecule has 0 spiro atoms. The van der Waals surface area contributed by atoms with Gasteiger partial charge in [-0.15, -0.1) is 11.3 Å². The molecule has 0 bridgehead atoms. The van der Waals surface area contributed by atoms with Crippen LogP contribution in [0.1, 0.15) is 10.4 Å². The van der Waals surface area contributed by atoms with Crippen molar-refractivity contribution in [1.29, 1.82) is 0 Å². The van der Waals surface area contributed by atoms with Gasteiger partial charge in [0.2, 0.25) is 0 Å². The molecule has 1 aromatic carbocycles. The maximum absolute atomic E-state index is 12.2. The van der Waals surface area contributed by atoms with Crippen LogP contribution < -0.4 is 5.32 Å². The molecule has 3 rings (SSSR count). The number of carbonyl (C=O) groups is 1. The van der Waals surface area contributed by atoms with E-state index in [1.54, 1.807) is 40.7 Å². The van der Waals surface area contributed by atoms with E-state index in [1.807, 2.05) is 6.07 Å². The lowest BCUT2D eigenvalue weighted by atomic mass is 10.2. The highest BCUT2D eigenvalue weighted by Gasteiger charge is 2.08. The minimum absolute atomic E-state index is 0.193. The largest absolute Gasteiger partial charge is 0.321 e. The van der Waals surface area contributed by atoms with Gasteiger partial charge in [-0.25, -0.2) is 9.67 Å². The Kier molecular flexibility index (Phi) is 3.49. The number of aromatic nitrogens is 3. The number of nitrogens with zero attached hydrogens (tertiary/aromatic N) is 3. The van der Waals surface area contributed by atoms with Gasteiger partial charge in [-0.05, 0) is 24.3 Å². The minimum Gasteiger partial charge on any atom is -0.321 e. The monoisotopic (exact) mass is 304 g/mol. The molecular formula is C13H9ClN4OS. The Bertz CT molecular complexity index is 738. The summed E-state index contributed by atoms with van der Waals surface area (Å²) in [5.41, 5.74) is 2.01. The first-order valence-electron chi connectivity index (χ1n) is 5.73. The molecule has 0 aliphatic carbocycles. The van der Waals surface area contributed by atoms with Gasteiger partial charge < -0.3 is 5.32 Å². The number of benzene rings is 1. The van der Waals surface area contributed by atoms with Crippen LogP contribution >= 0.6 is 22.9 Å². The van der Waals surface area contributed by atoms with Crippen LogP contribution in [0.3, 0.4) is 0 Å². The SMILES string of the molecule is O=C(Nc1csc(Cl)c1)c1cccc(-n2cncn2)c1. The number of hydrogen-bond acceptors (Lipinski definition) is 4. The maximum Gasteiger partial charge on any atom is 0.255 e. The number of amides is 1. The summed E-state index contributed by atoms with van der Waals surface area (Å²) in [6, 6.07) is 8.85. The van der Waals surface area contributed by atoms with E-state index in [1.165, 1.54) is 17.7 Å². The van der Waals surface area contributed by atoms with Crippen LogP contribution in [0.4, 0.5) is 5.69 Å². The summed E-state index contributed by atoms with van der Waals surface area (Å²) in [4.78, 5) is 16.0. The molecule has 20 heavy (non-hydrogen) atoms. The van der Waals surface area contributed by atoms with Gasteiger partial charge in [0.15, 0.2) is 0 Å². The van der Waals surface area contributed by atoms with Crippen molar-refractivity contribution in [3.63, 3.8) is 0 Å². The van der Waals surface area contributed by atoms with E-state index in [4.69, 9.17) is 11.6 Å². The highest BCUT2D eigenvalue weighted by molar-refractivity contribution is 7.14. The second-order valence-electron chi connectivity index (χ2n) is 3.98. The van der Waals surface area contributed by atoms with Crippen LogP contribution in [0, 0.1) is 0 Å². The Balaban J connectivity index is 1.83. The number of thiophene rings is 1. The molecule has 5 nitrogen and oxygen atoms in total. The molecule has 0 radical (unpaired) electrons. The molecule has 0 saturated carbocycles. The zero-order valence-electron chi connectivity index (χ0n) is 10.2. The van der Waals surface area contributed by atoms with E-state index >= 15 is 0 Å². The third kappa shape index (κ3) is 2.71. The van der Waals surface area contributed by atoms with E-state index in [9.17, 15) is 4.79 Å². The van der Waals surface area contributed by atoms with Crippen molar-refractivity contribution < 1.29 is 4.79 Å². The molecule has 0 unspecified atom stereocenters. The Labute approximate surface area is 123 Å². The number of halogens is 1. The average Bonchev–Trinajstić information content (AvgIpc) is 3.11. The second kappa shape index (κ2) is 5.44. The predicted molar refractivity (Wildman–Crippen MR) is 78.6 cm³/mol. The Morgan fingerprint density at radius 1 is 1.35 bits per heavy atom. The lowest BCUT2D eigenvalue weighted by Gasteiger charge is -2.05. The van der Waals surface area contributed by atoms with Gasteiger partial charge in [0.1, 0.15) is 12.7 Å². The van der Waals surface area contributed by atoms with Crippen LogP contribution in [0.5, 0.6) is 0 Å². The van der Waals surface area contributed by atoms with Crippen molar-refractivity contribution >= 4 is 34.5 Å². The molecule has 0 atom stereocenters. The van der Waals surface area contributed by atoms with Crippen LogP contribution in [0.25, 0.3) is 5.69 Å². The third-order valence-electron chi connectivity index (χ3n) is 2.62. The molecular weight excluding hydrogens is 296 g/mol. The molecule has 1 amide bonds. The van der Waals surface area contributed by atoms with Crippen molar-refractivity contribution in [1.82, 2.24) is 14.8 Å². The van der Waals surface area contributed by atoms with Gasteiger partial charge in [0, 0.05) is 10.9 Å². The van der Waals surface area contributed by atoms with E-state index in [0.29, 0.717) is 15.6 Å². The fourth-order valence-electron chi connectivity index (χ4n) is 1.71. The summed E-state index contributed by atoms with van der Waals surface area (Å²) < 4.78 is 2.23. The smallest absolute Gasteiger partial charge is 0.255 e. The number of carbonyl (C=O) groups excluding carboxylic acids is 1. The molecule has 0 fully saturated rings. The summed E-state index contributed by atoms with van der Waals surface area (Å²) in [5, 5.41) is 8.62. The van der Waals surface area contributed by atoms with Crippen molar-refractivity contribution in [2.24, 2.45) is 0 Å². The number of rotatable bonds is 3. The van der Waals surface area contributed by atoms with Crippen LogP contribution in [0.15, 0.2) is 48.4 Å². The highest BCUT2D eigenvalue weighted by Crippen LogP contribution is 2.24. The van der Waals surface area contributed by atoms with Crippen LogP contribution in [-0.4, -0.2) is 20.7 Å². The maximum atomic E-state index is 12.2.